The zero-order valence-corrected chi connectivity index (χ0v) is 21.4. The van der Waals surface area contributed by atoms with Gasteiger partial charge >= 0.3 is 5.97 Å². The fraction of sp³-hybridized carbons (Fsp3) is 0.500. The van der Waals surface area contributed by atoms with Crippen LogP contribution in [0.2, 0.25) is 0 Å². The minimum Gasteiger partial charge on any atom is -0.481 e. The van der Waals surface area contributed by atoms with E-state index >= 15 is 0 Å². The smallest absolute Gasteiger partial charge is 0.305 e. The number of nitrogens with zero attached hydrogens (tertiary/aromatic N) is 3. The maximum Gasteiger partial charge on any atom is 0.305 e. The van der Waals surface area contributed by atoms with Gasteiger partial charge in [0.15, 0.2) is 0 Å². The number of nitrogens with one attached hydrogen (secondary N) is 2. The number of halogens is 3. The van der Waals surface area contributed by atoms with E-state index < -0.39 is 5.97 Å². The highest BCUT2D eigenvalue weighted by atomic mass is 79.9. The molecule has 3 rings (SSSR count). The molecule has 3 N–H and O–H groups in total. The van der Waals surface area contributed by atoms with Crippen LogP contribution in [-0.4, -0.2) is 70.7 Å². The van der Waals surface area contributed by atoms with Crippen LogP contribution < -0.4 is 10.6 Å². The van der Waals surface area contributed by atoms with Crippen molar-refractivity contribution in [2.24, 2.45) is 7.05 Å². The van der Waals surface area contributed by atoms with Crippen LogP contribution in [0.4, 0.5) is 0 Å². The van der Waals surface area contributed by atoms with E-state index in [1.807, 2.05) is 13.1 Å². The van der Waals surface area contributed by atoms with Crippen molar-refractivity contribution in [1.29, 1.82) is 0 Å². The predicted octanol–water partition coefficient (Wildman–Crippen LogP) is 1.96. The Bertz CT molecular complexity index is 809. The summed E-state index contributed by atoms with van der Waals surface area (Å²) in [5.41, 5.74) is 2.27. The molecule has 0 spiro atoms. The molecule has 1 fully saturated rings. The van der Waals surface area contributed by atoms with Gasteiger partial charge in [0, 0.05) is 58.3 Å². The fourth-order valence-electron chi connectivity index (χ4n) is 3.19. The van der Waals surface area contributed by atoms with Crippen molar-refractivity contribution in [2.75, 3.05) is 39.3 Å². The SMILES string of the molecule is Br.Br.Br.Cn1c(CCN2CCNCC2)nc2cc(C(=O)NCCC(=O)O)ccc21. The van der Waals surface area contributed by atoms with E-state index in [1.165, 1.54) is 0 Å². The number of hydrogen-bond donors (Lipinski definition) is 3. The molecule has 0 unspecified atom stereocenters. The van der Waals surface area contributed by atoms with Crippen molar-refractivity contribution in [3.63, 3.8) is 0 Å². The third-order valence-corrected chi connectivity index (χ3v) is 4.72. The molecule has 2 heterocycles. The first-order valence-electron chi connectivity index (χ1n) is 8.93. The van der Waals surface area contributed by atoms with Crippen LogP contribution in [0.1, 0.15) is 22.6 Å². The average Bonchev–Trinajstić information content (AvgIpc) is 2.96. The van der Waals surface area contributed by atoms with Gasteiger partial charge in [0.05, 0.1) is 17.5 Å². The number of amides is 1. The van der Waals surface area contributed by atoms with Crippen LogP contribution in [0.25, 0.3) is 11.0 Å². The lowest BCUT2D eigenvalue weighted by Gasteiger charge is -2.26. The molecule has 1 aromatic carbocycles. The highest BCUT2D eigenvalue weighted by Crippen LogP contribution is 2.17. The Morgan fingerprint density at radius 1 is 1.21 bits per heavy atom. The van der Waals surface area contributed by atoms with E-state index in [1.54, 1.807) is 12.1 Å². The first kappa shape index (κ1) is 28.0. The Morgan fingerprint density at radius 2 is 1.90 bits per heavy atom. The lowest BCUT2D eigenvalue weighted by Crippen LogP contribution is -2.44. The van der Waals surface area contributed by atoms with E-state index in [-0.39, 0.29) is 69.8 Å². The second kappa shape index (κ2) is 13.3. The summed E-state index contributed by atoms with van der Waals surface area (Å²) in [5, 5.41) is 14.6. The molecular formula is C18H28Br3N5O3. The van der Waals surface area contributed by atoms with Crippen molar-refractivity contribution in [3.8, 4) is 0 Å². The largest absolute Gasteiger partial charge is 0.481 e. The molecule has 0 saturated carbocycles. The number of aromatic nitrogens is 2. The lowest BCUT2D eigenvalue weighted by atomic mass is 10.2. The summed E-state index contributed by atoms with van der Waals surface area (Å²) >= 11 is 0. The van der Waals surface area contributed by atoms with E-state index in [2.05, 4.69) is 20.1 Å². The zero-order chi connectivity index (χ0) is 18.5. The molecule has 164 valence electrons. The van der Waals surface area contributed by atoms with Crippen molar-refractivity contribution < 1.29 is 14.7 Å². The summed E-state index contributed by atoms with van der Waals surface area (Å²) in [7, 11) is 2.00. The summed E-state index contributed by atoms with van der Waals surface area (Å²) in [4.78, 5) is 29.8. The van der Waals surface area contributed by atoms with Gasteiger partial charge in [0.25, 0.3) is 5.91 Å². The average molecular weight is 602 g/mol. The summed E-state index contributed by atoms with van der Waals surface area (Å²) in [5.74, 6) is -0.206. The highest BCUT2D eigenvalue weighted by molar-refractivity contribution is 8.93. The molecular weight excluding hydrogens is 574 g/mol. The van der Waals surface area contributed by atoms with E-state index in [9.17, 15) is 9.59 Å². The van der Waals surface area contributed by atoms with Gasteiger partial charge in [-0.1, -0.05) is 0 Å². The number of benzene rings is 1. The van der Waals surface area contributed by atoms with Crippen molar-refractivity contribution in [1.82, 2.24) is 25.1 Å². The second-order valence-corrected chi connectivity index (χ2v) is 6.53. The molecule has 1 amide bonds. The summed E-state index contributed by atoms with van der Waals surface area (Å²) in [6, 6.07) is 5.41. The third kappa shape index (κ3) is 7.63. The number of carboxylic acid groups (broad SMARTS) is 1. The predicted molar refractivity (Wildman–Crippen MR) is 129 cm³/mol. The van der Waals surface area contributed by atoms with Crippen molar-refractivity contribution in [2.45, 2.75) is 12.8 Å². The van der Waals surface area contributed by atoms with Crippen LogP contribution in [0.15, 0.2) is 18.2 Å². The molecule has 1 aliphatic heterocycles. The minimum absolute atomic E-state index is 0. The topological polar surface area (TPSA) is 99.5 Å². The van der Waals surface area contributed by atoms with Crippen molar-refractivity contribution >= 4 is 73.9 Å². The molecule has 0 aliphatic carbocycles. The number of carboxylic acids is 1. The number of piperazine rings is 1. The number of carbonyl (C=O) groups is 2. The molecule has 1 aromatic heterocycles. The first-order chi connectivity index (χ1) is 12.5. The molecule has 11 heteroatoms. The Kier molecular flexibility index (Phi) is 12.9. The van der Waals surface area contributed by atoms with E-state index in [0.717, 1.165) is 56.0 Å². The number of aryl methyl sites for hydroxylation is 1. The minimum atomic E-state index is -0.931. The second-order valence-electron chi connectivity index (χ2n) is 6.53. The standard InChI is InChI=1S/C18H25N5O3.3BrH/c1-22-15-3-2-13(18(26)20-6-4-17(24)25)12-14(15)21-16(22)5-9-23-10-7-19-8-11-23;;;/h2-3,12,19H,4-11H2,1H3,(H,20,26)(H,24,25);3*1H. The Morgan fingerprint density at radius 3 is 2.55 bits per heavy atom. The summed E-state index contributed by atoms with van der Waals surface area (Å²) < 4.78 is 2.07. The van der Waals surface area contributed by atoms with E-state index in [4.69, 9.17) is 10.1 Å². The van der Waals surface area contributed by atoms with E-state index in [0.29, 0.717) is 5.56 Å². The highest BCUT2D eigenvalue weighted by Gasteiger charge is 2.14. The molecule has 0 bridgehead atoms. The van der Waals surface area contributed by atoms with Gasteiger partial charge in [0.2, 0.25) is 0 Å². The Balaban J connectivity index is 0.00000261. The van der Waals surface area contributed by atoms with Gasteiger partial charge in [-0.25, -0.2) is 4.98 Å². The van der Waals surface area contributed by atoms with Gasteiger partial charge < -0.3 is 25.2 Å². The molecule has 2 aromatic rings. The molecule has 0 radical (unpaired) electrons. The van der Waals surface area contributed by atoms with Gasteiger partial charge in [-0.3, -0.25) is 9.59 Å². The number of carbonyl (C=O) groups excluding carboxylic acids is 1. The monoisotopic (exact) mass is 599 g/mol. The quantitative estimate of drug-likeness (QED) is 0.449. The van der Waals surface area contributed by atoms with Crippen LogP contribution >= 0.6 is 50.9 Å². The van der Waals surface area contributed by atoms with Crippen LogP contribution in [0.3, 0.4) is 0 Å². The molecule has 29 heavy (non-hydrogen) atoms. The number of imidazole rings is 1. The maximum absolute atomic E-state index is 12.1. The molecule has 8 nitrogen and oxygen atoms in total. The van der Waals surface area contributed by atoms with Gasteiger partial charge in [-0.05, 0) is 18.2 Å². The van der Waals surface area contributed by atoms with Crippen LogP contribution in [0, 0.1) is 0 Å². The summed E-state index contributed by atoms with van der Waals surface area (Å²) in [6.07, 6.45) is 0.777. The van der Waals surface area contributed by atoms with Crippen molar-refractivity contribution in [3.05, 3.63) is 29.6 Å². The van der Waals surface area contributed by atoms with Crippen LogP contribution in [0.5, 0.6) is 0 Å². The number of aliphatic carboxylic acids is 1. The van der Waals surface area contributed by atoms with Gasteiger partial charge in [-0.15, -0.1) is 50.9 Å². The zero-order valence-electron chi connectivity index (χ0n) is 16.2. The third-order valence-electron chi connectivity index (χ3n) is 4.72. The number of fused-ring (bicyclic) bond motifs is 1. The van der Waals surface area contributed by atoms with Crippen LogP contribution in [-0.2, 0) is 18.3 Å². The number of rotatable bonds is 7. The first-order valence-corrected chi connectivity index (χ1v) is 8.93. The number of hydrogen-bond acceptors (Lipinski definition) is 5. The Labute approximate surface area is 201 Å². The Hall–Kier alpha value is -1.01. The maximum atomic E-state index is 12.1. The van der Waals surface area contributed by atoms with Gasteiger partial charge in [0.1, 0.15) is 5.82 Å². The lowest BCUT2D eigenvalue weighted by molar-refractivity contribution is -0.136. The summed E-state index contributed by atoms with van der Waals surface area (Å²) in [6.45, 7) is 5.27. The molecule has 1 aliphatic rings. The normalized spacial score (nSPS) is 13.7. The molecule has 1 saturated heterocycles. The molecule has 0 atom stereocenters. The van der Waals surface area contributed by atoms with Gasteiger partial charge in [-0.2, -0.15) is 0 Å². The fourth-order valence-corrected chi connectivity index (χ4v) is 3.19.